The fraction of sp³-hybridized carbons (Fsp3) is 0.562. The summed E-state index contributed by atoms with van der Waals surface area (Å²) in [7, 11) is 0. The molecule has 0 unspecified atom stereocenters. The van der Waals surface area contributed by atoms with Gasteiger partial charge in [0.25, 0.3) is 0 Å². The molecule has 1 heterocycles. The van der Waals surface area contributed by atoms with Gasteiger partial charge in [0.05, 0.1) is 11.2 Å². The van der Waals surface area contributed by atoms with E-state index in [1.54, 1.807) is 0 Å². The summed E-state index contributed by atoms with van der Waals surface area (Å²) in [6.07, 6.45) is 2.35. The van der Waals surface area contributed by atoms with Crippen LogP contribution >= 0.6 is 11.8 Å². The maximum atomic E-state index is 4.80. The van der Waals surface area contributed by atoms with Gasteiger partial charge < -0.3 is 5.32 Å². The molecule has 0 amide bonds. The van der Waals surface area contributed by atoms with Crippen molar-refractivity contribution in [3.63, 3.8) is 0 Å². The Morgan fingerprint density at radius 2 is 2.10 bits per heavy atom. The van der Waals surface area contributed by atoms with Crippen LogP contribution in [-0.2, 0) is 13.1 Å². The van der Waals surface area contributed by atoms with Crippen LogP contribution in [0.15, 0.2) is 24.3 Å². The molecule has 0 bridgehead atoms. The van der Waals surface area contributed by atoms with Crippen molar-refractivity contribution in [3.05, 3.63) is 30.0 Å². The van der Waals surface area contributed by atoms with E-state index >= 15 is 0 Å². The van der Waals surface area contributed by atoms with Crippen LogP contribution in [0.4, 0.5) is 0 Å². The van der Waals surface area contributed by atoms with Gasteiger partial charge in [-0.2, -0.15) is 16.9 Å². The lowest BCUT2D eigenvalue weighted by Crippen LogP contribution is -2.14. The van der Waals surface area contributed by atoms with Crippen LogP contribution in [0.25, 0.3) is 10.9 Å². The van der Waals surface area contributed by atoms with Crippen molar-refractivity contribution in [3.8, 4) is 0 Å². The van der Waals surface area contributed by atoms with Gasteiger partial charge >= 0.3 is 0 Å². The van der Waals surface area contributed by atoms with E-state index < -0.39 is 0 Å². The fourth-order valence-corrected chi connectivity index (χ4v) is 2.96. The van der Waals surface area contributed by atoms with Crippen LogP contribution in [0.3, 0.4) is 0 Å². The monoisotopic (exact) mass is 291 g/mol. The zero-order chi connectivity index (χ0) is 14.2. The standard InChI is InChI=1S/C16H25N3S/c1-3-10-17-13-15-14-8-5-6-9-16(14)19(18-15)11-7-12-20-4-2/h5-6,8-9,17H,3-4,7,10-13H2,1-2H3. The molecule has 0 aliphatic carbocycles. The number of para-hydroxylation sites is 1. The Morgan fingerprint density at radius 1 is 1.25 bits per heavy atom. The zero-order valence-corrected chi connectivity index (χ0v) is 13.4. The number of thioether (sulfide) groups is 1. The van der Waals surface area contributed by atoms with Crippen LogP contribution in [0.1, 0.15) is 32.4 Å². The Hall–Kier alpha value is -1.00. The van der Waals surface area contributed by atoms with Crippen molar-refractivity contribution in [2.24, 2.45) is 0 Å². The number of aryl methyl sites for hydroxylation is 1. The molecule has 3 nitrogen and oxygen atoms in total. The van der Waals surface area contributed by atoms with E-state index in [9.17, 15) is 0 Å². The van der Waals surface area contributed by atoms with E-state index in [1.807, 2.05) is 11.8 Å². The average molecular weight is 291 g/mol. The molecule has 0 aliphatic rings. The highest BCUT2D eigenvalue weighted by atomic mass is 32.2. The van der Waals surface area contributed by atoms with Gasteiger partial charge in [0.2, 0.25) is 0 Å². The first kappa shape index (κ1) is 15.4. The second-order valence-corrected chi connectivity index (χ2v) is 6.31. The normalized spacial score (nSPS) is 11.3. The van der Waals surface area contributed by atoms with Gasteiger partial charge in [0.1, 0.15) is 0 Å². The minimum Gasteiger partial charge on any atom is -0.311 e. The third-order valence-corrected chi connectivity index (χ3v) is 4.30. The first-order valence-corrected chi connectivity index (χ1v) is 8.75. The minimum atomic E-state index is 0.866. The van der Waals surface area contributed by atoms with Gasteiger partial charge in [-0.1, -0.05) is 32.0 Å². The molecule has 20 heavy (non-hydrogen) atoms. The van der Waals surface area contributed by atoms with Crippen LogP contribution in [0.5, 0.6) is 0 Å². The van der Waals surface area contributed by atoms with Gasteiger partial charge in [-0.25, -0.2) is 0 Å². The SMILES string of the molecule is CCCNCc1nn(CCCSCC)c2ccccc12. The molecule has 1 aromatic carbocycles. The molecule has 0 atom stereocenters. The number of hydrogen-bond acceptors (Lipinski definition) is 3. The highest BCUT2D eigenvalue weighted by Gasteiger charge is 2.09. The number of fused-ring (bicyclic) bond motifs is 1. The predicted molar refractivity (Wildman–Crippen MR) is 89.3 cm³/mol. The van der Waals surface area contributed by atoms with Crippen LogP contribution < -0.4 is 5.32 Å². The van der Waals surface area contributed by atoms with Crippen molar-refractivity contribution in [2.75, 3.05) is 18.1 Å². The summed E-state index contributed by atoms with van der Waals surface area (Å²) in [5, 5.41) is 9.55. The highest BCUT2D eigenvalue weighted by Crippen LogP contribution is 2.19. The minimum absolute atomic E-state index is 0.866. The lowest BCUT2D eigenvalue weighted by atomic mass is 10.2. The molecule has 0 spiro atoms. The molecule has 1 N–H and O–H groups in total. The first-order chi connectivity index (χ1) is 9.86. The van der Waals surface area contributed by atoms with Crippen molar-refractivity contribution >= 4 is 22.7 Å². The highest BCUT2D eigenvalue weighted by molar-refractivity contribution is 7.99. The maximum Gasteiger partial charge on any atom is 0.0841 e. The van der Waals surface area contributed by atoms with Crippen molar-refractivity contribution in [2.45, 2.75) is 39.8 Å². The number of nitrogens with one attached hydrogen (secondary N) is 1. The summed E-state index contributed by atoms with van der Waals surface area (Å²) in [6.45, 7) is 7.33. The largest absolute Gasteiger partial charge is 0.311 e. The smallest absolute Gasteiger partial charge is 0.0841 e. The Labute approximate surface area is 126 Å². The number of aromatic nitrogens is 2. The lowest BCUT2D eigenvalue weighted by Gasteiger charge is -2.02. The molecule has 0 aliphatic heterocycles. The summed E-state index contributed by atoms with van der Waals surface area (Å²) < 4.78 is 2.18. The third-order valence-electron chi connectivity index (χ3n) is 3.32. The molecule has 0 saturated heterocycles. The Kier molecular flexibility index (Phi) is 6.40. The second-order valence-electron chi connectivity index (χ2n) is 4.91. The zero-order valence-electron chi connectivity index (χ0n) is 12.6. The van der Waals surface area contributed by atoms with E-state index in [2.05, 4.69) is 48.1 Å². The number of benzene rings is 1. The molecule has 4 heteroatoms. The van der Waals surface area contributed by atoms with Gasteiger partial charge in [-0.05, 0) is 37.0 Å². The second kappa shape index (κ2) is 8.32. The molecule has 0 fully saturated rings. The molecule has 2 rings (SSSR count). The van der Waals surface area contributed by atoms with Gasteiger partial charge in [-0.15, -0.1) is 0 Å². The molecular weight excluding hydrogens is 266 g/mol. The van der Waals surface area contributed by atoms with E-state index in [4.69, 9.17) is 5.10 Å². The van der Waals surface area contributed by atoms with Gasteiger partial charge in [0, 0.05) is 18.5 Å². The molecule has 0 radical (unpaired) electrons. The average Bonchev–Trinajstić information content (AvgIpc) is 2.83. The fourth-order valence-electron chi connectivity index (χ4n) is 2.34. The number of hydrogen-bond donors (Lipinski definition) is 1. The first-order valence-electron chi connectivity index (χ1n) is 7.59. The van der Waals surface area contributed by atoms with Crippen molar-refractivity contribution in [1.82, 2.24) is 15.1 Å². The summed E-state index contributed by atoms with van der Waals surface area (Å²) in [5.74, 6) is 2.42. The Balaban J connectivity index is 2.09. The van der Waals surface area contributed by atoms with E-state index in [-0.39, 0.29) is 0 Å². The van der Waals surface area contributed by atoms with Crippen molar-refractivity contribution < 1.29 is 0 Å². The van der Waals surface area contributed by atoms with Gasteiger partial charge in [-0.3, -0.25) is 4.68 Å². The predicted octanol–water partition coefficient (Wildman–Crippen LogP) is 3.68. The summed E-state index contributed by atoms with van der Waals surface area (Å²) in [6, 6.07) is 8.57. The van der Waals surface area contributed by atoms with Crippen LogP contribution in [-0.4, -0.2) is 27.8 Å². The quantitative estimate of drug-likeness (QED) is 0.715. The summed E-state index contributed by atoms with van der Waals surface area (Å²) in [5.41, 5.74) is 2.44. The molecular formula is C16H25N3S. The van der Waals surface area contributed by atoms with Crippen LogP contribution in [0, 0.1) is 0 Å². The Bertz CT molecular complexity index is 521. The topological polar surface area (TPSA) is 29.9 Å². The maximum absolute atomic E-state index is 4.80. The van der Waals surface area contributed by atoms with E-state index in [0.29, 0.717) is 0 Å². The Morgan fingerprint density at radius 3 is 2.90 bits per heavy atom. The summed E-state index contributed by atoms with van der Waals surface area (Å²) in [4.78, 5) is 0. The molecule has 0 saturated carbocycles. The van der Waals surface area contributed by atoms with Crippen LogP contribution in [0.2, 0.25) is 0 Å². The lowest BCUT2D eigenvalue weighted by molar-refractivity contribution is 0.598. The molecule has 2 aromatic rings. The number of rotatable bonds is 9. The van der Waals surface area contributed by atoms with E-state index in [1.165, 1.54) is 34.5 Å². The van der Waals surface area contributed by atoms with E-state index in [0.717, 1.165) is 26.1 Å². The van der Waals surface area contributed by atoms with Crippen molar-refractivity contribution in [1.29, 1.82) is 0 Å². The molecule has 110 valence electrons. The third kappa shape index (κ3) is 4.00. The van der Waals surface area contributed by atoms with Gasteiger partial charge in [0.15, 0.2) is 0 Å². The molecule has 1 aromatic heterocycles. The number of nitrogens with zero attached hydrogens (tertiary/aromatic N) is 2. The summed E-state index contributed by atoms with van der Waals surface area (Å²) >= 11 is 2.00.